The van der Waals surface area contributed by atoms with Gasteiger partial charge in [-0.3, -0.25) is 0 Å². The molecule has 0 aromatic carbocycles. The molecule has 0 saturated heterocycles. The molecule has 1 unspecified atom stereocenters. The molecule has 3 N–H and O–H groups in total. The fourth-order valence-electron chi connectivity index (χ4n) is 0.751. The van der Waals surface area contributed by atoms with Gasteiger partial charge in [0.2, 0.25) is 0 Å². The largest absolute Gasteiger partial charge is 0.385 e. The first kappa shape index (κ1) is 11.8. The summed E-state index contributed by atoms with van der Waals surface area (Å²) in [6.07, 6.45) is 4.60. The van der Waals surface area contributed by atoms with Gasteiger partial charge in [-0.05, 0) is 6.42 Å². The molecule has 0 spiro atoms. The van der Waals surface area contributed by atoms with E-state index in [2.05, 4.69) is 10.8 Å². The Morgan fingerprint density at radius 3 is 2.69 bits per heavy atom. The van der Waals surface area contributed by atoms with E-state index in [1.165, 1.54) is 7.11 Å². The molecule has 0 radical (unpaired) electrons. The van der Waals surface area contributed by atoms with Crippen LogP contribution in [0.1, 0.15) is 12.8 Å². The zero-order valence-electron chi connectivity index (χ0n) is 7.47. The van der Waals surface area contributed by atoms with Crippen molar-refractivity contribution in [3.05, 3.63) is 0 Å². The summed E-state index contributed by atoms with van der Waals surface area (Å²) in [4.78, 5) is 4.89. The molecule has 0 bridgehead atoms. The lowest BCUT2D eigenvalue weighted by molar-refractivity contribution is -0.958. The molecule has 0 aliphatic carbocycles. The van der Waals surface area contributed by atoms with E-state index in [4.69, 9.17) is 21.8 Å². The summed E-state index contributed by atoms with van der Waals surface area (Å²) in [6, 6.07) is 0. The van der Waals surface area contributed by atoms with Crippen LogP contribution in [0.15, 0.2) is 0 Å². The van der Waals surface area contributed by atoms with Crippen LogP contribution in [-0.4, -0.2) is 45.9 Å². The molecule has 0 fully saturated rings. The van der Waals surface area contributed by atoms with Crippen molar-refractivity contribution in [2.45, 2.75) is 18.9 Å². The first-order valence-electron chi connectivity index (χ1n) is 3.78. The Labute approximate surface area is 76.8 Å². The third kappa shape index (κ3) is 4.35. The fraction of sp³-hybridized carbons (Fsp3) is 0.625. The van der Waals surface area contributed by atoms with Crippen molar-refractivity contribution in [1.82, 2.24) is 0 Å². The van der Waals surface area contributed by atoms with Crippen LogP contribution in [0.4, 0.5) is 0 Å². The predicted molar refractivity (Wildman–Crippen MR) is 45.2 cm³/mol. The maximum Gasteiger partial charge on any atom is 0.290 e. The molecule has 5 heteroatoms. The molecule has 0 aliphatic rings. The minimum Gasteiger partial charge on any atom is -0.385 e. The summed E-state index contributed by atoms with van der Waals surface area (Å²) in [5.74, 6) is 2.12. The lowest BCUT2D eigenvalue weighted by Crippen LogP contribution is -2.22. The van der Waals surface area contributed by atoms with E-state index in [0.29, 0.717) is 4.90 Å². The highest BCUT2D eigenvalue weighted by atomic mass is 16.9. The van der Waals surface area contributed by atoms with Gasteiger partial charge < -0.3 is 10.2 Å². The standard InChI is InChI=1S/C8H14NO4/c1-3-8(11)5-4-7(6-10)9(12)13-2/h1,8,10-12H,4-6H2,2H3/q+1/b9-7-. The van der Waals surface area contributed by atoms with Gasteiger partial charge in [0.25, 0.3) is 5.71 Å². The Kier molecular flexibility index (Phi) is 5.68. The maximum atomic E-state index is 8.98. The van der Waals surface area contributed by atoms with Crippen molar-refractivity contribution in [2.75, 3.05) is 13.7 Å². The summed E-state index contributed by atoms with van der Waals surface area (Å²) >= 11 is 0. The number of hydrogen-bond donors (Lipinski definition) is 3. The summed E-state index contributed by atoms with van der Waals surface area (Å²) in [6.45, 7) is -0.346. The number of aliphatic hydroxyl groups is 2. The Hall–Kier alpha value is -1.25. The SMILES string of the molecule is C#CC(O)CC/C(CO)=[N+](\O)OC. The molecule has 5 nitrogen and oxygen atoms in total. The molecule has 0 aromatic heterocycles. The van der Waals surface area contributed by atoms with Gasteiger partial charge in [-0.2, -0.15) is 0 Å². The molecule has 0 aliphatic heterocycles. The third-order valence-electron chi connectivity index (χ3n) is 1.52. The molecule has 0 amide bonds. The molecule has 0 aromatic rings. The topological polar surface area (TPSA) is 72.9 Å². The molecule has 0 heterocycles. The van der Waals surface area contributed by atoms with Gasteiger partial charge in [0.1, 0.15) is 12.7 Å². The summed E-state index contributed by atoms with van der Waals surface area (Å²) in [7, 11) is 1.26. The number of rotatable bonds is 5. The van der Waals surface area contributed by atoms with Crippen LogP contribution in [0.2, 0.25) is 0 Å². The van der Waals surface area contributed by atoms with E-state index in [-0.39, 0.29) is 25.2 Å². The minimum atomic E-state index is -0.869. The van der Waals surface area contributed by atoms with Crippen molar-refractivity contribution in [2.24, 2.45) is 0 Å². The monoisotopic (exact) mass is 188 g/mol. The summed E-state index contributed by atoms with van der Waals surface area (Å²) in [5.41, 5.74) is 0.247. The summed E-state index contributed by atoms with van der Waals surface area (Å²) < 4.78 is 0. The molecule has 0 saturated carbocycles. The molecule has 1 atom stereocenters. The van der Waals surface area contributed by atoms with E-state index in [0.717, 1.165) is 0 Å². The van der Waals surface area contributed by atoms with Crippen LogP contribution in [0, 0.1) is 12.3 Å². The first-order valence-corrected chi connectivity index (χ1v) is 3.78. The van der Waals surface area contributed by atoms with Crippen molar-refractivity contribution >= 4 is 5.71 Å². The lowest BCUT2D eigenvalue weighted by atomic mass is 10.1. The average molecular weight is 188 g/mol. The Bertz CT molecular complexity index is 219. The van der Waals surface area contributed by atoms with Gasteiger partial charge >= 0.3 is 0 Å². The zero-order chi connectivity index (χ0) is 10.3. The van der Waals surface area contributed by atoms with Crippen LogP contribution < -0.4 is 0 Å². The van der Waals surface area contributed by atoms with E-state index in [1.807, 2.05) is 0 Å². The number of hydrogen-bond acceptors (Lipinski definition) is 4. The van der Waals surface area contributed by atoms with Crippen molar-refractivity contribution < 1.29 is 25.2 Å². The highest BCUT2D eigenvalue weighted by Gasteiger charge is 2.16. The van der Waals surface area contributed by atoms with Gasteiger partial charge in [0.15, 0.2) is 12.0 Å². The lowest BCUT2D eigenvalue weighted by Gasteiger charge is -2.00. The molecule has 13 heavy (non-hydrogen) atoms. The van der Waals surface area contributed by atoms with Crippen molar-refractivity contribution in [3.63, 3.8) is 0 Å². The normalized spacial score (nSPS) is 14.3. The third-order valence-corrected chi connectivity index (χ3v) is 1.52. The fourth-order valence-corrected chi connectivity index (χ4v) is 0.751. The maximum absolute atomic E-state index is 8.98. The van der Waals surface area contributed by atoms with Crippen molar-refractivity contribution in [1.29, 1.82) is 0 Å². The minimum absolute atomic E-state index is 0.247. The van der Waals surface area contributed by atoms with Crippen LogP contribution in [0.3, 0.4) is 0 Å². The van der Waals surface area contributed by atoms with Crippen LogP contribution in [0.25, 0.3) is 0 Å². The molecule has 74 valence electrons. The number of terminal acetylenes is 1. The Morgan fingerprint density at radius 1 is 1.69 bits per heavy atom. The second-order valence-electron chi connectivity index (χ2n) is 2.40. The number of aliphatic hydroxyl groups excluding tert-OH is 2. The zero-order valence-corrected chi connectivity index (χ0v) is 7.47. The molecular formula is C8H14NO4+. The quantitative estimate of drug-likeness (QED) is 0.227. The highest BCUT2D eigenvalue weighted by Crippen LogP contribution is 1.97. The van der Waals surface area contributed by atoms with Crippen LogP contribution >= 0.6 is 0 Å². The van der Waals surface area contributed by atoms with Gasteiger partial charge in [-0.25, -0.2) is 10.0 Å². The van der Waals surface area contributed by atoms with Crippen molar-refractivity contribution in [3.8, 4) is 12.3 Å². The predicted octanol–water partition coefficient (Wildman–Crippen LogP) is -0.843. The molecular weight excluding hydrogens is 174 g/mol. The van der Waals surface area contributed by atoms with Gasteiger partial charge in [0.05, 0.1) is 0 Å². The van der Waals surface area contributed by atoms with Gasteiger partial charge in [0, 0.05) is 6.42 Å². The Morgan fingerprint density at radius 2 is 2.31 bits per heavy atom. The Balaban J connectivity index is 4.09. The van der Waals surface area contributed by atoms with E-state index < -0.39 is 6.10 Å². The first-order chi connectivity index (χ1) is 6.15. The van der Waals surface area contributed by atoms with Crippen LogP contribution in [0.5, 0.6) is 0 Å². The van der Waals surface area contributed by atoms with Crippen LogP contribution in [-0.2, 0) is 4.84 Å². The second-order valence-corrected chi connectivity index (χ2v) is 2.40. The van der Waals surface area contributed by atoms with Gasteiger partial charge in [-0.1, -0.05) is 5.92 Å². The molecule has 0 rings (SSSR count). The smallest absolute Gasteiger partial charge is 0.290 e. The summed E-state index contributed by atoms with van der Waals surface area (Å²) in [5, 5.41) is 26.7. The highest BCUT2D eigenvalue weighted by molar-refractivity contribution is 5.80. The number of nitrogens with zero attached hydrogens (tertiary/aromatic N) is 1. The van der Waals surface area contributed by atoms with E-state index >= 15 is 0 Å². The van der Waals surface area contributed by atoms with E-state index in [1.54, 1.807) is 0 Å². The second kappa shape index (κ2) is 6.29. The van der Waals surface area contributed by atoms with Gasteiger partial charge in [-0.15, -0.1) is 6.42 Å². The average Bonchev–Trinajstić information content (AvgIpc) is 2.17. The van der Waals surface area contributed by atoms with E-state index in [9.17, 15) is 0 Å².